The summed E-state index contributed by atoms with van der Waals surface area (Å²) in [5, 5.41) is 12.3. The molecule has 5 heteroatoms. The fourth-order valence-corrected chi connectivity index (χ4v) is 9.62. The first kappa shape index (κ1) is 33.1. The van der Waals surface area contributed by atoms with Crippen LogP contribution in [0, 0.1) is 11.3 Å². The Labute approximate surface area is 324 Å². The Hall–Kier alpha value is -6.48. The molecule has 0 N–H and O–H groups in total. The van der Waals surface area contributed by atoms with Crippen LogP contribution in [0.25, 0.3) is 70.5 Å². The third-order valence-electron chi connectivity index (χ3n) is 11.3. The van der Waals surface area contributed by atoms with Gasteiger partial charge in [0, 0.05) is 36.7 Å². The van der Waals surface area contributed by atoms with Crippen LogP contribution in [0.15, 0.2) is 146 Å². The first-order valence-corrected chi connectivity index (χ1v) is 19.7. The van der Waals surface area contributed by atoms with Crippen molar-refractivity contribution >= 4 is 48.2 Å². The van der Waals surface area contributed by atoms with Crippen molar-refractivity contribution in [1.82, 2.24) is 15.0 Å². The van der Waals surface area contributed by atoms with Gasteiger partial charge < -0.3 is 0 Å². The molecule has 0 unspecified atom stereocenters. The van der Waals surface area contributed by atoms with E-state index in [4.69, 9.17) is 15.0 Å². The Morgan fingerprint density at radius 3 is 2.27 bits per heavy atom. The average Bonchev–Trinajstić information content (AvgIpc) is 3.54. The molecule has 0 bridgehead atoms. The van der Waals surface area contributed by atoms with E-state index in [1.54, 1.807) is 0 Å². The predicted octanol–water partition coefficient (Wildman–Crippen LogP) is 12.9. The number of fused-ring (bicyclic) bond motifs is 6. The zero-order valence-electron chi connectivity index (χ0n) is 30.7. The van der Waals surface area contributed by atoms with Crippen LogP contribution in [0.5, 0.6) is 0 Å². The number of hydrogen-bond donors (Lipinski definition) is 0. The van der Waals surface area contributed by atoms with Crippen molar-refractivity contribution in [3.05, 3.63) is 180 Å². The van der Waals surface area contributed by atoms with Gasteiger partial charge in [-0.25, -0.2) is 15.0 Å². The Morgan fingerprint density at radius 2 is 1.42 bits per heavy atom. The number of allylic oxidation sites excluding steroid dienone is 10. The molecule has 262 valence electrons. The summed E-state index contributed by atoms with van der Waals surface area (Å²) in [6.07, 6.45) is 17.6. The molecule has 0 spiro atoms. The zero-order chi connectivity index (χ0) is 37.1. The second-order valence-corrected chi connectivity index (χ2v) is 16.0. The van der Waals surface area contributed by atoms with Gasteiger partial charge in [0.15, 0.2) is 17.5 Å². The molecule has 3 aliphatic carbocycles. The summed E-state index contributed by atoms with van der Waals surface area (Å²) in [5.74, 6) is 2.13. The maximum Gasteiger partial charge on any atom is 0.164 e. The van der Waals surface area contributed by atoms with E-state index in [1.165, 1.54) is 64.7 Å². The van der Waals surface area contributed by atoms with E-state index in [1.807, 2.05) is 41.7 Å². The lowest BCUT2D eigenvalue weighted by atomic mass is 9.80. The molecule has 55 heavy (non-hydrogen) atoms. The highest BCUT2D eigenvalue weighted by Crippen LogP contribution is 2.51. The molecule has 5 aromatic carbocycles. The minimum absolute atomic E-state index is 0.241. The molecule has 10 rings (SSSR count). The van der Waals surface area contributed by atoms with Crippen LogP contribution >= 0.6 is 11.3 Å². The van der Waals surface area contributed by atoms with Crippen molar-refractivity contribution in [1.29, 1.82) is 5.26 Å². The normalized spacial score (nSPS) is 15.5. The van der Waals surface area contributed by atoms with Crippen LogP contribution < -0.4 is 0 Å². The number of aromatic nitrogens is 3. The first-order chi connectivity index (χ1) is 27.0. The van der Waals surface area contributed by atoms with Gasteiger partial charge in [-0.05, 0) is 106 Å². The molecule has 3 aliphatic rings. The molecule has 0 fully saturated rings. The third kappa shape index (κ3) is 5.61. The van der Waals surface area contributed by atoms with E-state index in [2.05, 4.69) is 135 Å². The molecule has 0 atom stereocenters. The van der Waals surface area contributed by atoms with Gasteiger partial charge in [-0.15, -0.1) is 11.3 Å². The fraction of sp³-hybridized carbons (Fsp3) is 0.120. The summed E-state index contributed by atoms with van der Waals surface area (Å²) in [6, 6.07) is 39.0. The standard InChI is InChI=1S/C50H36N4S/c1-50(2)41-27-31(30-51)21-23-38(41)39-24-22-34(29-42(39)50)37-25-26-44-46(40-19-10-11-20-43(40)55-44)45(37)35-17-12-18-36(28-35)49-53-47(32-13-6-3-4-7-14-32)52-48(54-49)33-15-8-5-9-16-33/h3-11,13,15-17,19-29H,12,14,18H2,1-2H3. The van der Waals surface area contributed by atoms with E-state index in [0.29, 0.717) is 17.2 Å². The van der Waals surface area contributed by atoms with Gasteiger partial charge in [0.1, 0.15) is 0 Å². The summed E-state index contributed by atoms with van der Waals surface area (Å²) >= 11 is 1.85. The van der Waals surface area contributed by atoms with Crippen molar-refractivity contribution in [3.8, 4) is 39.7 Å². The summed E-state index contributed by atoms with van der Waals surface area (Å²) in [4.78, 5) is 15.3. The lowest BCUT2D eigenvalue weighted by molar-refractivity contribution is 0.660. The van der Waals surface area contributed by atoms with Crippen LogP contribution in [0.2, 0.25) is 0 Å². The lowest BCUT2D eigenvalue weighted by Gasteiger charge is -2.23. The summed E-state index contributed by atoms with van der Waals surface area (Å²) < 4.78 is 2.55. The summed E-state index contributed by atoms with van der Waals surface area (Å²) in [6.45, 7) is 4.56. The fourth-order valence-electron chi connectivity index (χ4n) is 8.51. The maximum atomic E-state index is 9.71. The topological polar surface area (TPSA) is 62.5 Å². The SMILES string of the molecule is CC1(C)c2cc(C#N)ccc2-c2ccc(-c3ccc4sc5ccccc5c4c3C3=CCCC(c4nc(C5=CC=CC=CC5)nc(-c5ccccc5)n4)=C3)cc21. The van der Waals surface area contributed by atoms with Crippen molar-refractivity contribution < 1.29 is 0 Å². The van der Waals surface area contributed by atoms with Gasteiger partial charge in [0.2, 0.25) is 0 Å². The van der Waals surface area contributed by atoms with Crippen LogP contribution in [-0.4, -0.2) is 15.0 Å². The second-order valence-electron chi connectivity index (χ2n) is 15.0. The molecule has 7 aromatic rings. The number of nitriles is 1. The molecular formula is C50H36N4S. The van der Waals surface area contributed by atoms with Gasteiger partial charge >= 0.3 is 0 Å². The van der Waals surface area contributed by atoms with Crippen molar-refractivity contribution in [2.75, 3.05) is 0 Å². The van der Waals surface area contributed by atoms with Gasteiger partial charge in [-0.1, -0.05) is 123 Å². The molecule has 2 aromatic heterocycles. The highest BCUT2D eigenvalue weighted by Gasteiger charge is 2.36. The van der Waals surface area contributed by atoms with Crippen molar-refractivity contribution in [2.24, 2.45) is 0 Å². The summed E-state index contributed by atoms with van der Waals surface area (Å²) in [7, 11) is 0. The molecule has 0 amide bonds. The highest BCUT2D eigenvalue weighted by atomic mass is 32.1. The number of nitrogens with zero attached hydrogens (tertiary/aromatic N) is 4. The molecule has 2 heterocycles. The van der Waals surface area contributed by atoms with E-state index in [0.717, 1.165) is 41.8 Å². The number of thiophene rings is 1. The van der Waals surface area contributed by atoms with E-state index in [-0.39, 0.29) is 5.41 Å². The number of hydrogen-bond acceptors (Lipinski definition) is 5. The van der Waals surface area contributed by atoms with Gasteiger partial charge in [-0.3, -0.25) is 0 Å². The molecule has 0 radical (unpaired) electrons. The minimum Gasteiger partial charge on any atom is -0.209 e. The molecule has 0 saturated carbocycles. The zero-order valence-corrected chi connectivity index (χ0v) is 31.5. The highest BCUT2D eigenvalue weighted by molar-refractivity contribution is 7.25. The number of benzene rings is 5. The van der Waals surface area contributed by atoms with Crippen LogP contribution in [0.1, 0.15) is 67.0 Å². The van der Waals surface area contributed by atoms with Crippen LogP contribution in [0.3, 0.4) is 0 Å². The summed E-state index contributed by atoms with van der Waals surface area (Å²) in [5.41, 5.74) is 13.4. The number of rotatable bonds is 5. The van der Waals surface area contributed by atoms with Gasteiger partial charge in [0.05, 0.1) is 11.6 Å². The van der Waals surface area contributed by atoms with E-state index < -0.39 is 0 Å². The Kier molecular flexibility index (Phi) is 7.90. The first-order valence-electron chi connectivity index (χ1n) is 18.9. The lowest BCUT2D eigenvalue weighted by Crippen LogP contribution is -2.15. The Morgan fingerprint density at radius 1 is 0.673 bits per heavy atom. The Balaban J connectivity index is 1.16. The molecular weight excluding hydrogens is 689 g/mol. The molecule has 0 saturated heterocycles. The van der Waals surface area contributed by atoms with E-state index >= 15 is 0 Å². The average molecular weight is 725 g/mol. The Bertz CT molecular complexity index is 2930. The quantitative estimate of drug-likeness (QED) is 0.177. The smallest absolute Gasteiger partial charge is 0.164 e. The monoisotopic (exact) mass is 724 g/mol. The van der Waals surface area contributed by atoms with Crippen LogP contribution in [0.4, 0.5) is 0 Å². The largest absolute Gasteiger partial charge is 0.209 e. The third-order valence-corrected chi connectivity index (χ3v) is 12.4. The molecule has 4 nitrogen and oxygen atoms in total. The van der Waals surface area contributed by atoms with Gasteiger partial charge in [-0.2, -0.15) is 5.26 Å². The predicted molar refractivity (Wildman–Crippen MR) is 228 cm³/mol. The van der Waals surface area contributed by atoms with Crippen molar-refractivity contribution in [2.45, 2.75) is 38.5 Å². The maximum absolute atomic E-state index is 9.71. The minimum atomic E-state index is -0.241. The second kappa shape index (κ2) is 13.1. The van der Waals surface area contributed by atoms with Gasteiger partial charge in [0.25, 0.3) is 0 Å². The molecule has 0 aliphatic heterocycles. The van der Waals surface area contributed by atoms with Crippen molar-refractivity contribution in [3.63, 3.8) is 0 Å². The van der Waals surface area contributed by atoms with Crippen LogP contribution in [-0.2, 0) is 5.41 Å². The van der Waals surface area contributed by atoms with E-state index in [9.17, 15) is 5.26 Å².